The van der Waals surface area contributed by atoms with Crippen molar-refractivity contribution in [2.75, 3.05) is 14.1 Å². The molecule has 0 fully saturated rings. The van der Waals surface area contributed by atoms with Crippen molar-refractivity contribution >= 4 is 11.9 Å². The third-order valence-corrected chi connectivity index (χ3v) is 1.78. The minimum atomic E-state index is 1.16. The summed E-state index contributed by atoms with van der Waals surface area (Å²) in [5.41, 5.74) is 0. The molecule has 0 aliphatic rings. The predicted octanol–water partition coefficient (Wildman–Crippen LogP) is 2.06. The Morgan fingerprint density at radius 2 is 2.20 bits per heavy atom. The topological polar surface area (TPSA) is 3.24 Å². The van der Waals surface area contributed by atoms with Crippen LogP contribution in [-0.4, -0.2) is 18.4 Å². The van der Waals surface area contributed by atoms with E-state index in [0.717, 1.165) is 4.90 Å². The summed E-state index contributed by atoms with van der Waals surface area (Å²) in [5.74, 6) is 0. The first kappa shape index (κ1) is 7.63. The Hall–Kier alpha value is -0.470. The van der Waals surface area contributed by atoms with Crippen molar-refractivity contribution in [3.05, 3.63) is 30.3 Å². The van der Waals surface area contributed by atoms with Gasteiger partial charge in [0.1, 0.15) is 0 Å². The lowest BCUT2D eigenvalue weighted by Gasteiger charge is -2.06. The Morgan fingerprint density at radius 3 is 2.70 bits per heavy atom. The van der Waals surface area contributed by atoms with Crippen LogP contribution in [0.1, 0.15) is 0 Å². The van der Waals surface area contributed by atoms with Crippen LogP contribution < -0.4 is 0 Å². The van der Waals surface area contributed by atoms with Crippen molar-refractivity contribution in [2.24, 2.45) is 0 Å². The van der Waals surface area contributed by atoms with Crippen LogP contribution in [-0.2, 0) is 0 Å². The summed E-state index contributed by atoms with van der Waals surface area (Å²) in [6.45, 7) is 0. The quantitative estimate of drug-likeness (QED) is 0.597. The molecule has 0 N–H and O–H groups in total. The van der Waals surface area contributed by atoms with Gasteiger partial charge in [0.25, 0.3) is 0 Å². The summed E-state index contributed by atoms with van der Waals surface area (Å²) in [6.07, 6.45) is 0. The summed E-state index contributed by atoms with van der Waals surface area (Å²) < 4.78 is 2.05. The highest BCUT2D eigenvalue weighted by Gasteiger charge is 1.92. The molecule has 0 unspecified atom stereocenters. The zero-order valence-electron chi connectivity index (χ0n) is 6.16. The van der Waals surface area contributed by atoms with E-state index >= 15 is 0 Å². The molecule has 0 heterocycles. The van der Waals surface area contributed by atoms with Gasteiger partial charge in [-0.15, -0.1) is 0 Å². The van der Waals surface area contributed by atoms with Crippen molar-refractivity contribution < 1.29 is 0 Å². The van der Waals surface area contributed by atoms with Gasteiger partial charge in [0.05, 0.1) is 0 Å². The fourth-order valence-corrected chi connectivity index (χ4v) is 1.28. The van der Waals surface area contributed by atoms with Crippen molar-refractivity contribution in [2.45, 2.75) is 4.90 Å². The number of benzene rings is 1. The summed E-state index contributed by atoms with van der Waals surface area (Å²) in [4.78, 5) is 1.16. The van der Waals surface area contributed by atoms with E-state index in [-0.39, 0.29) is 0 Å². The molecule has 0 saturated heterocycles. The number of hydrogen-bond acceptors (Lipinski definition) is 2. The van der Waals surface area contributed by atoms with Gasteiger partial charge in [-0.2, -0.15) is 0 Å². The molecule has 1 aromatic carbocycles. The fraction of sp³-hybridized carbons (Fsp3) is 0.250. The average Bonchev–Trinajstić information content (AvgIpc) is 1.88. The third-order valence-electron chi connectivity index (χ3n) is 0.961. The maximum atomic E-state index is 3.12. The van der Waals surface area contributed by atoms with E-state index in [1.807, 2.05) is 42.7 Å². The Labute approximate surface area is 66.2 Å². The summed E-state index contributed by atoms with van der Waals surface area (Å²) in [6, 6.07) is 11.1. The number of rotatable bonds is 2. The number of nitrogens with zero attached hydrogens (tertiary/aromatic N) is 1. The van der Waals surface area contributed by atoms with E-state index in [0.29, 0.717) is 0 Å². The molecule has 1 radical (unpaired) electrons. The maximum Gasteiger partial charge on any atom is 0.0308 e. The Balaban J connectivity index is 2.59. The largest absolute Gasteiger partial charge is 0.253 e. The number of hydrogen-bond donors (Lipinski definition) is 0. The van der Waals surface area contributed by atoms with E-state index in [1.165, 1.54) is 0 Å². The van der Waals surface area contributed by atoms with Gasteiger partial charge in [0.15, 0.2) is 0 Å². The molecule has 0 saturated carbocycles. The molecule has 0 aliphatic heterocycles. The highest BCUT2D eigenvalue weighted by molar-refractivity contribution is 7.97. The lowest BCUT2D eigenvalue weighted by Crippen LogP contribution is -1.98. The van der Waals surface area contributed by atoms with E-state index < -0.39 is 0 Å². The Bertz CT molecular complexity index is 184. The van der Waals surface area contributed by atoms with Gasteiger partial charge in [-0.1, -0.05) is 18.2 Å². The van der Waals surface area contributed by atoms with E-state index in [4.69, 9.17) is 0 Å². The normalized spacial score (nSPS) is 10.3. The highest BCUT2D eigenvalue weighted by atomic mass is 32.2. The molecular formula is C8H10NS. The van der Waals surface area contributed by atoms with Gasteiger partial charge in [-0.05, 0) is 38.2 Å². The molecular weight excluding hydrogens is 142 g/mol. The van der Waals surface area contributed by atoms with Crippen LogP contribution in [0, 0.1) is 6.07 Å². The van der Waals surface area contributed by atoms with Crippen LogP contribution in [0.4, 0.5) is 0 Å². The van der Waals surface area contributed by atoms with Gasteiger partial charge in [0.2, 0.25) is 0 Å². The van der Waals surface area contributed by atoms with E-state index in [1.54, 1.807) is 11.9 Å². The van der Waals surface area contributed by atoms with Gasteiger partial charge in [0, 0.05) is 4.90 Å². The minimum absolute atomic E-state index is 1.16. The van der Waals surface area contributed by atoms with Gasteiger partial charge >= 0.3 is 0 Å². The lowest BCUT2D eigenvalue weighted by molar-refractivity contribution is 0.702. The van der Waals surface area contributed by atoms with Crippen molar-refractivity contribution in [1.29, 1.82) is 0 Å². The molecule has 1 nitrogen and oxygen atoms in total. The first-order valence-corrected chi connectivity index (χ1v) is 3.88. The molecule has 0 atom stereocenters. The maximum absolute atomic E-state index is 3.12. The molecule has 1 aromatic rings. The van der Waals surface area contributed by atoms with Crippen LogP contribution in [0.5, 0.6) is 0 Å². The van der Waals surface area contributed by atoms with Crippen molar-refractivity contribution in [1.82, 2.24) is 4.31 Å². The van der Waals surface area contributed by atoms with E-state index in [2.05, 4.69) is 6.07 Å². The van der Waals surface area contributed by atoms with Crippen LogP contribution in [0.3, 0.4) is 0 Å². The molecule has 2 heteroatoms. The molecule has 0 bridgehead atoms. The summed E-state index contributed by atoms with van der Waals surface area (Å²) >= 11 is 1.68. The monoisotopic (exact) mass is 152 g/mol. The standard InChI is InChI=1S/C8H10NS/c1-9(2)10-8-6-4-3-5-7-8/h3-6H,1-2H3. The highest BCUT2D eigenvalue weighted by Crippen LogP contribution is 2.17. The lowest BCUT2D eigenvalue weighted by atomic mass is 10.4. The van der Waals surface area contributed by atoms with Crippen LogP contribution in [0.2, 0.25) is 0 Å². The fourth-order valence-electron chi connectivity index (χ4n) is 0.630. The molecule has 0 spiro atoms. The smallest absolute Gasteiger partial charge is 0.0308 e. The average molecular weight is 152 g/mol. The van der Waals surface area contributed by atoms with Crippen molar-refractivity contribution in [3.8, 4) is 0 Å². The van der Waals surface area contributed by atoms with Crippen LogP contribution in [0.25, 0.3) is 0 Å². The first-order chi connectivity index (χ1) is 4.79. The second kappa shape index (κ2) is 3.64. The molecule has 1 rings (SSSR count). The second-order valence-corrected chi connectivity index (χ2v) is 3.48. The predicted molar refractivity (Wildman–Crippen MR) is 44.8 cm³/mol. The van der Waals surface area contributed by atoms with Crippen LogP contribution >= 0.6 is 11.9 Å². The van der Waals surface area contributed by atoms with Crippen LogP contribution in [0.15, 0.2) is 29.2 Å². The molecule has 0 amide bonds. The second-order valence-electron chi connectivity index (χ2n) is 2.13. The first-order valence-electron chi connectivity index (χ1n) is 3.11. The SMILES string of the molecule is CN(C)Sc1[c]cccc1. The molecule has 53 valence electrons. The summed E-state index contributed by atoms with van der Waals surface area (Å²) in [7, 11) is 4.04. The zero-order chi connectivity index (χ0) is 7.40. The third kappa shape index (κ3) is 2.42. The Morgan fingerprint density at radius 1 is 1.40 bits per heavy atom. The minimum Gasteiger partial charge on any atom is -0.253 e. The van der Waals surface area contributed by atoms with E-state index in [9.17, 15) is 0 Å². The Kier molecular flexibility index (Phi) is 2.78. The van der Waals surface area contributed by atoms with Gasteiger partial charge < -0.3 is 0 Å². The molecule has 0 aliphatic carbocycles. The van der Waals surface area contributed by atoms with Gasteiger partial charge in [-0.3, -0.25) is 4.31 Å². The zero-order valence-corrected chi connectivity index (χ0v) is 6.98. The van der Waals surface area contributed by atoms with Gasteiger partial charge in [-0.25, -0.2) is 0 Å². The van der Waals surface area contributed by atoms with Crippen molar-refractivity contribution in [3.63, 3.8) is 0 Å². The molecule has 0 aromatic heterocycles. The molecule has 10 heavy (non-hydrogen) atoms. The summed E-state index contributed by atoms with van der Waals surface area (Å²) in [5, 5.41) is 0.